The van der Waals surface area contributed by atoms with Gasteiger partial charge in [-0.25, -0.2) is 0 Å². The van der Waals surface area contributed by atoms with E-state index < -0.39 is 0 Å². The normalized spacial score (nSPS) is 12.6. The van der Waals surface area contributed by atoms with Gasteiger partial charge in [0.1, 0.15) is 12.4 Å². The molecule has 0 bridgehead atoms. The lowest BCUT2D eigenvalue weighted by Crippen LogP contribution is -2.26. The topological polar surface area (TPSA) is 35.2 Å². The molecule has 1 atom stereocenters. The Morgan fingerprint density at radius 3 is 2.20 bits per heavy atom. The quantitative estimate of drug-likeness (QED) is 0.824. The minimum Gasteiger partial charge on any atom is -0.492 e. The van der Waals surface area contributed by atoms with Crippen molar-refractivity contribution in [3.63, 3.8) is 0 Å². The van der Waals surface area contributed by atoms with E-state index in [4.69, 9.17) is 10.5 Å². The smallest absolute Gasteiger partial charge is 0.119 e. The van der Waals surface area contributed by atoms with Gasteiger partial charge >= 0.3 is 0 Å². The summed E-state index contributed by atoms with van der Waals surface area (Å²) < 4.78 is 5.65. The summed E-state index contributed by atoms with van der Waals surface area (Å²) in [5.41, 5.74) is 9.68. The van der Waals surface area contributed by atoms with Crippen LogP contribution >= 0.6 is 0 Å². The first-order valence-electron chi connectivity index (χ1n) is 5.50. The molecule has 15 heavy (non-hydrogen) atoms. The molecule has 0 aromatic heterocycles. The first-order chi connectivity index (χ1) is 7.04. The van der Waals surface area contributed by atoms with E-state index in [1.54, 1.807) is 0 Å². The molecular formula is C13H21NO. The van der Waals surface area contributed by atoms with Crippen LogP contribution in [0.1, 0.15) is 30.0 Å². The van der Waals surface area contributed by atoms with E-state index in [1.165, 1.54) is 16.7 Å². The Balaban J connectivity index is 2.70. The summed E-state index contributed by atoms with van der Waals surface area (Å²) >= 11 is 0. The fourth-order valence-corrected chi connectivity index (χ4v) is 1.40. The minimum atomic E-state index is 0.131. The van der Waals surface area contributed by atoms with Crippen molar-refractivity contribution >= 4 is 0 Å². The molecule has 1 aromatic carbocycles. The van der Waals surface area contributed by atoms with Crippen LogP contribution in [0.5, 0.6) is 5.75 Å². The third-order valence-corrected chi connectivity index (χ3v) is 2.89. The zero-order valence-electron chi connectivity index (χ0n) is 10.1. The summed E-state index contributed by atoms with van der Waals surface area (Å²) in [6, 6.07) is 4.28. The van der Waals surface area contributed by atoms with Crippen LogP contribution < -0.4 is 10.5 Å². The number of aryl methyl sites for hydroxylation is 2. The maximum atomic E-state index is 5.80. The van der Waals surface area contributed by atoms with Gasteiger partial charge in [-0.2, -0.15) is 0 Å². The van der Waals surface area contributed by atoms with Gasteiger partial charge < -0.3 is 10.5 Å². The van der Waals surface area contributed by atoms with Crippen LogP contribution in [0.15, 0.2) is 12.1 Å². The van der Waals surface area contributed by atoms with Gasteiger partial charge in [0, 0.05) is 6.04 Å². The van der Waals surface area contributed by atoms with Crippen LogP contribution in [-0.4, -0.2) is 12.6 Å². The molecule has 2 nitrogen and oxygen atoms in total. The lowest BCUT2D eigenvalue weighted by atomic mass is 10.0. The van der Waals surface area contributed by atoms with Crippen LogP contribution in [-0.2, 0) is 0 Å². The number of hydrogen-bond acceptors (Lipinski definition) is 2. The number of hydrogen-bond donors (Lipinski definition) is 1. The highest BCUT2D eigenvalue weighted by Gasteiger charge is 2.04. The van der Waals surface area contributed by atoms with Crippen molar-refractivity contribution in [2.45, 2.75) is 40.2 Å². The van der Waals surface area contributed by atoms with Crippen molar-refractivity contribution in [3.05, 3.63) is 28.8 Å². The van der Waals surface area contributed by atoms with Gasteiger partial charge in [0.15, 0.2) is 0 Å². The van der Waals surface area contributed by atoms with Crippen LogP contribution in [0.2, 0.25) is 0 Å². The second-order valence-corrected chi connectivity index (χ2v) is 4.16. The second kappa shape index (κ2) is 5.17. The Bertz CT molecular complexity index is 310. The second-order valence-electron chi connectivity index (χ2n) is 4.16. The SMILES string of the molecule is CCC(N)COc1cc(C)c(C)c(C)c1. The summed E-state index contributed by atoms with van der Waals surface area (Å²) in [6.45, 7) is 9.01. The lowest BCUT2D eigenvalue weighted by Gasteiger charge is -2.13. The molecule has 0 saturated carbocycles. The molecule has 0 amide bonds. The minimum absolute atomic E-state index is 0.131. The summed E-state index contributed by atoms with van der Waals surface area (Å²) in [5.74, 6) is 0.930. The molecule has 1 aromatic rings. The molecule has 0 saturated heterocycles. The van der Waals surface area contributed by atoms with Crippen LogP contribution in [0.4, 0.5) is 0 Å². The zero-order valence-corrected chi connectivity index (χ0v) is 10.1. The van der Waals surface area contributed by atoms with E-state index in [2.05, 4.69) is 39.8 Å². The molecule has 0 heterocycles. The molecule has 0 aliphatic carbocycles. The highest BCUT2D eigenvalue weighted by atomic mass is 16.5. The van der Waals surface area contributed by atoms with Crippen molar-refractivity contribution in [2.75, 3.05) is 6.61 Å². The van der Waals surface area contributed by atoms with Crippen LogP contribution in [0.3, 0.4) is 0 Å². The predicted molar refractivity (Wildman–Crippen MR) is 64.4 cm³/mol. The largest absolute Gasteiger partial charge is 0.492 e. The Hall–Kier alpha value is -1.02. The standard InChI is InChI=1S/C13H21NO/c1-5-12(14)8-15-13-6-9(2)11(4)10(3)7-13/h6-7,12H,5,8,14H2,1-4H3. The molecule has 84 valence electrons. The number of rotatable bonds is 4. The van der Waals surface area contributed by atoms with Gasteiger partial charge in [-0.3, -0.25) is 0 Å². The van der Waals surface area contributed by atoms with E-state index >= 15 is 0 Å². The van der Waals surface area contributed by atoms with Crippen molar-refractivity contribution in [1.29, 1.82) is 0 Å². The molecular weight excluding hydrogens is 186 g/mol. The molecule has 1 rings (SSSR count). The van der Waals surface area contributed by atoms with Crippen LogP contribution in [0.25, 0.3) is 0 Å². The molecule has 0 fully saturated rings. The number of nitrogens with two attached hydrogens (primary N) is 1. The van der Waals surface area contributed by atoms with E-state index in [9.17, 15) is 0 Å². The monoisotopic (exact) mass is 207 g/mol. The van der Waals surface area contributed by atoms with E-state index in [0.29, 0.717) is 6.61 Å². The van der Waals surface area contributed by atoms with Crippen molar-refractivity contribution < 1.29 is 4.74 Å². The van der Waals surface area contributed by atoms with Gasteiger partial charge in [0.25, 0.3) is 0 Å². The summed E-state index contributed by atoms with van der Waals surface area (Å²) in [7, 11) is 0. The summed E-state index contributed by atoms with van der Waals surface area (Å²) in [4.78, 5) is 0. The zero-order chi connectivity index (χ0) is 11.4. The molecule has 2 heteroatoms. The molecule has 0 spiro atoms. The average Bonchev–Trinajstić information content (AvgIpc) is 2.22. The molecule has 2 N–H and O–H groups in total. The van der Waals surface area contributed by atoms with Gasteiger partial charge in [0.2, 0.25) is 0 Å². The molecule has 0 radical (unpaired) electrons. The number of benzene rings is 1. The fourth-order valence-electron chi connectivity index (χ4n) is 1.40. The van der Waals surface area contributed by atoms with Gasteiger partial charge in [-0.1, -0.05) is 6.92 Å². The highest BCUT2D eigenvalue weighted by molar-refractivity contribution is 5.40. The lowest BCUT2D eigenvalue weighted by molar-refractivity contribution is 0.285. The molecule has 0 aliphatic heterocycles. The third-order valence-electron chi connectivity index (χ3n) is 2.89. The molecule has 1 unspecified atom stereocenters. The fraction of sp³-hybridized carbons (Fsp3) is 0.538. The molecule has 0 aliphatic rings. The summed E-state index contributed by atoms with van der Waals surface area (Å²) in [6.07, 6.45) is 0.948. The average molecular weight is 207 g/mol. The highest BCUT2D eigenvalue weighted by Crippen LogP contribution is 2.20. The Morgan fingerprint density at radius 2 is 1.73 bits per heavy atom. The Kier molecular flexibility index (Phi) is 4.15. The van der Waals surface area contributed by atoms with Crippen LogP contribution in [0, 0.1) is 20.8 Å². The van der Waals surface area contributed by atoms with Crippen molar-refractivity contribution in [1.82, 2.24) is 0 Å². The number of ether oxygens (including phenoxy) is 1. The maximum Gasteiger partial charge on any atom is 0.119 e. The van der Waals surface area contributed by atoms with Gasteiger partial charge in [-0.05, 0) is 56.0 Å². The first kappa shape index (κ1) is 12.1. The van der Waals surface area contributed by atoms with Gasteiger partial charge in [0.05, 0.1) is 0 Å². The van der Waals surface area contributed by atoms with Gasteiger partial charge in [-0.15, -0.1) is 0 Å². The Morgan fingerprint density at radius 1 is 1.20 bits per heavy atom. The maximum absolute atomic E-state index is 5.80. The predicted octanol–water partition coefficient (Wildman–Crippen LogP) is 2.73. The first-order valence-corrected chi connectivity index (χ1v) is 5.50. The van der Waals surface area contributed by atoms with Crippen molar-refractivity contribution in [3.8, 4) is 5.75 Å². The summed E-state index contributed by atoms with van der Waals surface area (Å²) in [5, 5.41) is 0. The third kappa shape index (κ3) is 3.24. The van der Waals surface area contributed by atoms with E-state index in [-0.39, 0.29) is 6.04 Å². The van der Waals surface area contributed by atoms with E-state index in [0.717, 1.165) is 12.2 Å². The van der Waals surface area contributed by atoms with E-state index in [1.807, 2.05) is 0 Å². The van der Waals surface area contributed by atoms with Crippen molar-refractivity contribution in [2.24, 2.45) is 5.73 Å². The Labute approximate surface area is 92.4 Å².